The summed E-state index contributed by atoms with van der Waals surface area (Å²) in [5.41, 5.74) is -1.02. The van der Waals surface area contributed by atoms with Crippen LogP contribution >= 0.6 is 22.6 Å². The zero-order chi connectivity index (χ0) is 16.1. The highest BCUT2D eigenvalue weighted by Crippen LogP contribution is 2.38. The second kappa shape index (κ2) is 5.42. The average molecular weight is 412 g/mol. The molecule has 0 bridgehead atoms. The standard InChI is InChI=1S/C14H17BF3IO2/c1-12(2)13(3,4)21-15(20-12)8-9-7-10(14(16,17)18)5-6-11(9)19/h5-7H,8H2,1-4H3. The van der Waals surface area contributed by atoms with Gasteiger partial charge in [0.05, 0.1) is 16.8 Å². The van der Waals surface area contributed by atoms with E-state index in [1.807, 2.05) is 50.3 Å². The van der Waals surface area contributed by atoms with E-state index in [9.17, 15) is 13.2 Å². The Morgan fingerprint density at radius 3 is 2.10 bits per heavy atom. The van der Waals surface area contributed by atoms with E-state index in [0.717, 1.165) is 9.64 Å². The molecule has 0 unspecified atom stereocenters. The minimum Gasteiger partial charge on any atom is -0.403 e. The van der Waals surface area contributed by atoms with E-state index >= 15 is 0 Å². The predicted octanol–water partition coefficient (Wildman–Crippen LogP) is 4.48. The van der Waals surface area contributed by atoms with Crippen LogP contribution in [-0.4, -0.2) is 18.3 Å². The molecule has 1 heterocycles. The summed E-state index contributed by atoms with van der Waals surface area (Å²) < 4.78 is 50.8. The van der Waals surface area contributed by atoms with Gasteiger partial charge in [0, 0.05) is 9.89 Å². The maximum atomic E-state index is 12.8. The molecule has 21 heavy (non-hydrogen) atoms. The van der Waals surface area contributed by atoms with Crippen LogP contribution in [0.3, 0.4) is 0 Å². The first-order valence-electron chi connectivity index (χ1n) is 6.64. The van der Waals surface area contributed by atoms with E-state index in [-0.39, 0.29) is 0 Å². The molecule has 1 saturated heterocycles. The summed E-state index contributed by atoms with van der Waals surface area (Å²) in [5, 5.41) is 0. The van der Waals surface area contributed by atoms with Gasteiger partial charge in [0.25, 0.3) is 0 Å². The highest BCUT2D eigenvalue weighted by molar-refractivity contribution is 14.1. The number of halogens is 4. The molecule has 116 valence electrons. The van der Waals surface area contributed by atoms with Gasteiger partial charge < -0.3 is 9.31 Å². The second-order valence-corrected chi connectivity index (χ2v) is 7.36. The van der Waals surface area contributed by atoms with Gasteiger partial charge in [0.2, 0.25) is 0 Å². The number of benzene rings is 1. The van der Waals surface area contributed by atoms with Crippen LogP contribution in [0.15, 0.2) is 18.2 Å². The van der Waals surface area contributed by atoms with Gasteiger partial charge in [0.1, 0.15) is 0 Å². The van der Waals surface area contributed by atoms with Gasteiger partial charge in [-0.2, -0.15) is 13.2 Å². The van der Waals surface area contributed by atoms with Crippen LogP contribution in [-0.2, 0) is 21.8 Å². The molecule has 1 fully saturated rings. The zero-order valence-electron chi connectivity index (χ0n) is 12.3. The van der Waals surface area contributed by atoms with E-state index in [1.165, 1.54) is 12.1 Å². The van der Waals surface area contributed by atoms with Gasteiger partial charge in [-0.1, -0.05) is 0 Å². The van der Waals surface area contributed by atoms with Crippen molar-refractivity contribution in [1.29, 1.82) is 0 Å². The van der Waals surface area contributed by atoms with Crippen molar-refractivity contribution >= 4 is 29.7 Å². The van der Waals surface area contributed by atoms with E-state index < -0.39 is 30.1 Å². The third-order valence-corrected chi connectivity index (χ3v) is 5.11. The summed E-state index contributed by atoms with van der Waals surface area (Å²) in [5.74, 6) is 0. The van der Waals surface area contributed by atoms with Gasteiger partial charge in [-0.05, 0) is 74.0 Å². The SMILES string of the molecule is CC1(C)OB(Cc2cc(C(F)(F)F)ccc2I)OC1(C)C. The predicted molar refractivity (Wildman–Crippen MR) is 83.9 cm³/mol. The molecule has 1 aliphatic heterocycles. The lowest BCUT2D eigenvalue weighted by Gasteiger charge is -2.32. The first-order valence-corrected chi connectivity index (χ1v) is 7.71. The van der Waals surface area contributed by atoms with Crippen LogP contribution in [0, 0.1) is 3.57 Å². The number of hydrogen-bond acceptors (Lipinski definition) is 2. The molecule has 0 aliphatic carbocycles. The molecule has 2 nitrogen and oxygen atoms in total. The zero-order valence-corrected chi connectivity index (χ0v) is 14.5. The van der Waals surface area contributed by atoms with Crippen molar-refractivity contribution in [2.24, 2.45) is 0 Å². The lowest BCUT2D eigenvalue weighted by molar-refractivity contribution is -0.137. The smallest absolute Gasteiger partial charge is 0.403 e. The summed E-state index contributed by atoms with van der Waals surface area (Å²) in [6.45, 7) is 7.68. The summed E-state index contributed by atoms with van der Waals surface area (Å²) in [6, 6.07) is 3.74. The van der Waals surface area contributed by atoms with Gasteiger partial charge in [-0.25, -0.2) is 0 Å². The summed E-state index contributed by atoms with van der Waals surface area (Å²) in [6.07, 6.45) is -4.04. The lowest BCUT2D eigenvalue weighted by Crippen LogP contribution is -2.41. The third-order valence-electron chi connectivity index (χ3n) is 4.06. The van der Waals surface area contributed by atoms with E-state index in [0.29, 0.717) is 11.9 Å². The summed E-state index contributed by atoms with van der Waals surface area (Å²) in [4.78, 5) is 0. The molecule has 0 spiro atoms. The van der Waals surface area contributed by atoms with Crippen molar-refractivity contribution in [3.63, 3.8) is 0 Å². The molecule has 0 atom stereocenters. The van der Waals surface area contributed by atoms with E-state index in [1.54, 1.807) is 0 Å². The maximum Gasteiger partial charge on any atom is 0.462 e. The molecule has 0 N–H and O–H groups in total. The molecule has 0 saturated carbocycles. The minimum atomic E-state index is -4.34. The van der Waals surface area contributed by atoms with Gasteiger partial charge in [-0.3, -0.25) is 0 Å². The van der Waals surface area contributed by atoms with Crippen LogP contribution in [0.25, 0.3) is 0 Å². The molecule has 1 aromatic carbocycles. The molecule has 1 aliphatic rings. The first kappa shape index (κ1) is 17.1. The Morgan fingerprint density at radius 2 is 1.62 bits per heavy atom. The minimum absolute atomic E-state index is 0.301. The number of rotatable bonds is 2. The Bertz CT molecular complexity index is 528. The first-order chi connectivity index (χ1) is 9.42. The highest BCUT2D eigenvalue weighted by Gasteiger charge is 2.51. The van der Waals surface area contributed by atoms with Crippen molar-refractivity contribution in [2.75, 3.05) is 0 Å². The van der Waals surface area contributed by atoms with Crippen molar-refractivity contribution in [3.05, 3.63) is 32.9 Å². The quantitative estimate of drug-likeness (QED) is 0.527. The van der Waals surface area contributed by atoms with Crippen LogP contribution in [0.1, 0.15) is 38.8 Å². The van der Waals surface area contributed by atoms with Crippen LogP contribution in [0.4, 0.5) is 13.2 Å². The normalized spacial score (nSPS) is 20.9. The van der Waals surface area contributed by atoms with Gasteiger partial charge in [-0.15, -0.1) is 0 Å². The molecule has 0 amide bonds. The Labute approximate surface area is 136 Å². The van der Waals surface area contributed by atoms with Gasteiger partial charge >= 0.3 is 13.3 Å². The lowest BCUT2D eigenvalue weighted by atomic mass is 9.80. The average Bonchev–Trinajstić information content (AvgIpc) is 2.48. The Hall–Kier alpha value is -0.275. The van der Waals surface area contributed by atoms with Crippen LogP contribution in [0.2, 0.25) is 0 Å². The van der Waals surface area contributed by atoms with Crippen LogP contribution in [0.5, 0.6) is 0 Å². The largest absolute Gasteiger partial charge is 0.462 e. The fraction of sp³-hybridized carbons (Fsp3) is 0.571. The Kier molecular flexibility index (Phi) is 4.41. The second-order valence-electron chi connectivity index (χ2n) is 6.19. The third kappa shape index (κ3) is 3.56. The number of hydrogen-bond donors (Lipinski definition) is 0. The Balaban J connectivity index is 2.22. The molecule has 7 heteroatoms. The van der Waals surface area contributed by atoms with Crippen molar-refractivity contribution in [2.45, 2.75) is 51.4 Å². The topological polar surface area (TPSA) is 18.5 Å². The van der Waals surface area contributed by atoms with Crippen LogP contribution < -0.4 is 0 Å². The van der Waals surface area contributed by atoms with E-state index in [4.69, 9.17) is 9.31 Å². The van der Waals surface area contributed by atoms with Crippen molar-refractivity contribution in [1.82, 2.24) is 0 Å². The summed E-state index contributed by atoms with van der Waals surface area (Å²) >= 11 is 2.03. The fourth-order valence-corrected chi connectivity index (χ4v) is 2.69. The van der Waals surface area contributed by atoms with Crippen molar-refractivity contribution in [3.8, 4) is 0 Å². The summed E-state index contributed by atoms with van der Waals surface area (Å²) in [7, 11) is -0.535. The molecular formula is C14H17BF3IO2. The monoisotopic (exact) mass is 412 g/mol. The highest BCUT2D eigenvalue weighted by atomic mass is 127. The fourth-order valence-electron chi connectivity index (χ4n) is 2.14. The van der Waals surface area contributed by atoms with Gasteiger partial charge in [0.15, 0.2) is 0 Å². The molecule has 1 aromatic rings. The molecular weight excluding hydrogens is 395 g/mol. The number of alkyl halides is 3. The Morgan fingerprint density at radius 1 is 1.10 bits per heavy atom. The van der Waals surface area contributed by atoms with Crippen molar-refractivity contribution < 1.29 is 22.5 Å². The molecule has 2 rings (SSSR count). The molecule has 0 radical (unpaired) electrons. The molecule has 0 aromatic heterocycles. The maximum absolute atomic E-state index is 12.8. The van der Waals surface area contributed by atoms with E-state index in [2.05, 4.69) is 0 Å².